The maximum Gasteiger partial charge on any atom is 0.130 e. The Hall–Kier alpha value is -5.81. The van der Waals surface area contributed by atoms with Crippen molar-refractivity contribution in [2.75, 3.05) is 10.2 Å². The number of allylic oxidation sites excluding steroid dienone is 1. The van der Waals surface area contributed by atoms with E-state index in [-0.39, 0.29) is 17.6 Å². The number of nitrogens with zero attached hydrogens (tertiary/aromatic N) is 2. The number of hydrogen-bond acceptors (Lipinski definition) is 5. The molecule has 3 N–H and O–H groups in total. The number of para-hydroxylation sites is 3. The average Bonchev–Trinajstić information content (AvgIpc) is 3.46. The highest BCUT2D eigenvalue weighted by atomic mass is 15.3. The van der Waals surface area contributed by atoms with Gasteiger partial charge in [0, 0.05) is 27.8 Å². The molecule has 2 aliphatic rings. The highest BCUT2D eigenvalue weighted by Crippen LogP contribution is 2.46. The summed E-state index contributed by atoms with van der Waals surface area (Å²) in [5, 5.41) is 21.7. The number of nitrogens with one attached hydrogen (secondary N) is 3. The summed E-state index contributed by atoms with van der Waals surface area (Å²) in [4.78, 5) is 7.46. The van der Waals surface area contributed by atoms with Crippen LogP contribution in [0.3, 0.4) is 0 Å². The molecule has 0 spiro atoms. The van der Waals surface area contributed by atoms with Crippen molar-refractivity contribution in [1.82, 2.24) is 4.98 Å². The fourth-order valence-electron chi connectivity index (χ4n) is 6.22. The van der Waals surface area contributed by atoms with Crippen molar-refractivity contribution in [3.63, 3.8) is 0 Å². The van der Waals surface area contributed by atoms with E-state index in [1.54, 1.807) is 6.08 Å². The van der Waals surface area contributed by atoms with Gasteiger partial charge in [0.2, 0.25) is 0 Å². The summed E-state index contributed by atoms with van der Waals surface area (Å²) in [6, 6.07) is 44.0. The van der Waals surface area contributed by atoms with Crippen molar-refractivity contribution < 1.29 is 0 Å². The first kappa shape index (κ1) is 24.9. The van der Waals surface area contributed by atoms with Crippen molar-refractivity contribution in [3.8, 4) is 22.4 Å². The third-order valence-corrected chi connectivity index (χ3v) is 8.32. The second-order valence-corrected chi connectivity index (χ2v) is 10.9. The Morgan fingerprint density at radius 1 is 0.651 bits per heavy atom. The third-order valence-electron chi connectivity index (χ3n) is 8.32. The zero-order valence-electron chi connectivity index (χ0n) is 23.3. The first-order chi connectivity index (χ1) is 21.2. The SMILES string of the molecule is N=C1C=Cc2c(-c3ccccc3)nc3cc(-c4ccc(C5Nc6ccccc6N5c5ccccc5)cc4)ccc3c2C1=N. The molecule has 1 unspecified atom stereocenters. The van der Waals surface area contributed by atoms with Crippen LogP contribution in [0.15, 0.2) is 133 Å². The molecule has 5 aromatic carbocycles. The summed E-state index contributed by atoms with van der Waals surface area (Å²) in [6.07, 6.45) is 3.59. The van der Waals surface area contributed by atoms with Crippen molar-refractivity contribution in [3.05, 3.63) is 150 Å². The first-order valence-corrected chi connectivity index (χ1v) is 14.3. The van der Waals surface area contributed by atoms with Crippen LogP contribution in [0.4, 0.5) is 17.1 Å². The van der Waals surface area contributed by atoms with Crippen LogP contribution in [-0.4, -0.2) is 16.4 Å². The van der Waals surface area contributed by atoms with E-state index in [4.69, 9.17) is 15.8 Å². The Morgan fingerprint density at radius 3 is 2.14 bits per heavy atom. The van der Waals surface area contributed by atoms with Gasteiger partial charge in [-0.25, -0.2) is 4.98 Å². The topological polar surface area (TPSA) is 75.9 Å². The van der Waals surface area contributed by atoms with Crippen LogP contribution in [0, 0.1) is 10.8 Å². The van der Waals surface area contributed by atoms with Gasteiger partial charge >= 0.3 is 0 Å². The van der Waals surface area contributed by atoms with Crippen LogP contribution < -0.4 is 10.2 Å². The Kier molecular flexibility index (Phi) is 5.76. The molecule has 0 saturated heterocycles. The van der Waals surface area contributed by atoms with Gasteiger partial charge in [0.1, 0.15) is 6.17 Å². The van der Waals surface area contributed by atoms with Gasteiger partial charge in [-0.15, -0.1) is 0 Å². The van der Waals surface area contributed by atoms with Crippen LogP contribution in [0.2, 0.25) is 0 Å². The molecular weight excluding hydrogens is 526 g/mol. The van der Waals surface area contributed by atoms with Gasteiger partial charge in [-0.3, -0.25) is 10.8 Å². The second-order valence-electron chi connectivity index (χ2n) is 10.9. The number of anilines is 3. The molecule has 8 rings (SSSR count). The van der Waals surface area contributed by atoms with Crippen molar-refractivity contribution in [2.24, 2.45) is 0 Å². The van der Waals surface area contributed by atoms with Gasteiger partial charge in [0.05, 0.1) is 34.0 Å². The fourth-order valence-corrected chi connectivity index (χ4v) is 6.22. The molecule has 1 atom stereocenters. The lowest BCUT2D eigenvalue weighted by atomic mass is 9.87. The van der Waals surface area contributed by atoms with Crippen molar-refractivity contribution in [1.29, 1.82) is 10.8 Å². The van der Waals surface area contributed by atoms with E-state index in [1.807, 2.05) is 48.5 Å². The number of aromatic nitrogens is 1. The van der Waals surface area contributed by atoms with E-state index in [1.165, 1.54) is 5.56 Å². The predicted octanol–water partition coefficient (Wildman–Crippen LogP) is 9.25. The predicted molar refractivity (Wildman–Crippen MR) is 178 cm³/mol. The molecule has 0 fully saturated rings. The summed E-state index contributed by atoms with van der Waals surface area (Å²) >= 11 is 0. The normalized spacial score (nSPS) is 15.3. The van der Waals surface area contributed by atoms with Crippen LogP contribution in [0.25, 0.3) is 39.4 Å². The lowest BCUT2D eigenvalue weighted by Crippen LogP contribution is -2.23. The Balaban J connectivity index is 1.20. The lowest BCUT2D eigenvalue weighted by molar-refractivity contribution is 0.828. The molecule has 6 aromatic rings. The number of rotatable bonds is 4. The molecular formula is C38H27N5. The van der Waals surface area contributed by atoms with E-state index in [0.29, 0.717) is 0 Å². The molecule has 43 heavy (non-hydrogen) atoms. The molecule has 204 valence electrons. The molecule has 0 saturated carbocycles. The van der Waals surface area contributed by atoms with Gasteiger partial charge in [-0.05, 0) is 59.2 Å². The molecule has 2 heterocycles. The van der Waals surface area contributed by atoms with Gasteiger partial charge in [-0.1, -0.05) is 97.1 Å². The Bertz CT molecular complexity index is 2080. The maximum absolute atomic E-state index is 8.75. The standard InChI is InChI=1S/C38H27N5/c39-31-22-21-30-35(36(31)40)29-20-19-27(23-33(29)41-37(30)25-9-3-1-4-10-25)24-15-17-26(18-16-24)38-42-32-13-7-8-14-34(32)43(38)28-11-5-2-6-12-28/h1-23,38-40,42H. The monoisotopic (exact) mass is 553 g/mol. The van der Waals surface area contributed by atoms with Crippen LogP contribution in [-0.2, 0) is 0 Å². The largest absolute Gasteiger partial charge is 0.359 e. The number of hydrogen-bond donors (Lipinski definition) is 3. The lowest BCUT2D eigenvalue weighted by Gasteiger charge is -2.27. The van der Waals surface area contributed by atoms with E-state index in [9.17, 15) is 0 Å². The highest BCUT2D eigenvalue weighted by molar-refractivity contribution is 6.54. The molecule has 1 aliphatic heterocycles. The summed E-state index contributed by atoms with van der Waals surface area (Å²) in [7, 11) is 0. The maximum atomic E-state index is 8.75. The van der Waals surface area contributed by atoms with E-state index in [0.717, 1.165) is 61.5 Å². The Morgan fingerprint density at radius 2 is 1.35 bits per heavy atom. The van der Waals surface area contributed by atoms with Crippen LogP contribution >= 0.6 is 0 Å². The Labute approximate surface area is 249 Å². The third kappa shape index (κ3) is 4.13. The first-order valence-electron chi connectivity index (χ1n) is 14.3. The smallest absolute Gasteiger partial charge is 0.130 e. The van der Waals surface area contributed by atoms with E-state index < -0.39 is 0 Å². The van der Waals surface area contributed by atoms with Gasteiger partial charge < -0.3 is 10.2 Å². The van der Waals surface area contributed by atoms with Crippen molar-refractivity contribution in [2.45, 2.75) is 6.17 Å². The number of fused-ring (bicyclic) bond motifs is 4. The highest BCUT2D eigenvalue weighted by Gasteiger charge is 2.31. The van der Waals surface area contributed by atoms with Gasteiger partial charge in [0.15, 0.2) is 0 Å². The molecule has 1 aliphatic carbocycles. The molecule has 1 aromatic heterocycles. The minimum atomic E-state index is -0.0264. The molecule has 5 heteroatoms. The van der Waals surface area contributed by atoms with Crippen LogP contribution in [0.1, 0.15) is 22.9 Å². The van der Waals surface area contributed by atoms with Gasteiger partial charge in [-0.2, -0.15) is 0 Å². The van der Waals surface area contributed by atoms with Crippen molar-refractivity contribution >= 4 is 45.5 Å². The fraction of sp³-hybridized carbons (Fsp3) is 0.0263. The zero-order chi connectivity index (χ0) is 28.9. The summed E-state index contributed by atoms with van der Waals surface area (Å²) < 4.78 is 0. The molecule has 0 amide bonds. The number of benzene rings is 5. The number of pyridine rings is 1. The molecule has 0 radical (unpaired) electrons. The summed E-state index contributed by atoms with van der Waals surface area (Å²) in [6.45, 7) is 0. The van der Waals surface area contributed by atoms with Gasteiger partial charge in [0.25, 0.3) is 0 Å². The molecule has 0 bridgehead atoms. The summed E-state index contributed by atoms with van der Waals surface area (Å²) in [5.41, 5.74) is 11.5. The minimum absolute atomic E-state index is 0.0264. The summed E-state index contributed by atoms with van der Waals surface area (Å²) in [5.74, 6) is 0. The molecule has 5 nitrogen and oxygen atoms in total. The van der Waals surface area contributed by atoms with Crippen LogP contribution in [0.5, 0.6) is 0 Å². The van der Waals surface area contributed by atoms with E-state index >= 15 is 0 Å². The average molecular weight is 554 g/mol. The second kappa shape index (κ2) is 9.93. The quantitative estimate of drug-likeness (QED) is 0.204. The van der Waals surface area contributed by atoms with E-state index in [2.05, 4.69) is 95.1 Å². The zero-order valence-corrected chi connectivity index (χ0v) is 23.3. The minimum Gasteiger partial charge on any atom is -0.359 e.